The molecule has 1 aromatic heterocycles. The number of unbranched alkanes of at least 4 members (excludes halogenated alkanes) is 4. The van der Waals surface area contributed by atoms with Crippen molar-refractivity contribution < 1.29 is 93.3 Å². The molecule has 0 spiro atoms. The van der Waals surface area contributed by atoms with Crippen LogP contribution in [0.25, 0.3) is 43.4 Å². The smallest absolute Gasteiger partial charge is 0.294 e. The molecular formula is C88H124N10O18S+2. The van der Waals surface area contributed by atoms with E-state index in [-0.39, 0.29) is 41.1 Å². The lowest BCUT2D eigenvalue weighted by molar-refractivity contribution is -0.659. The van der Waals surface area contributed by atoms with E-state index in [1.165, 1.54) is 28.6 Å². The highest BCUT2D eigenvalue weighted by Gasteiger charge is 2.44. The molecule has 2 aliphatic heterocycles. The molecule has 0 aliphatic carbocycles. The number of rotatable bonds is 61. The number of hydrogen-bond donors (Lipinski definition) is 5. The van der Waals surface area contributed by atoms with Crippen LogP contribution >= 0.6 is 0 Å². The maximum absolute atomic E-state index is 12.7. The number of carbonyl (C=O) groups excluding carboxylic acids is 3. The number of ether oxygens (including phenoxy) is 12. The van der Waals surface area contributed by atoms with E-state index in [0.717, 1.165) is 88.5 Å². The monoisotopic (exact) mass is 1640 g/mol. The summed E-state index contributed by atoms with van der Waals surface area (Å²) in [6, 6.07) is 33.4. The van der Waals surface area contributed by atoms with E-state index in [0.29, 0.717) is 215 Å². The Kier molecular flexibility index (Phi) is 41.5. The van der Waals surface area contributed by atoms with Crippen LogP contribution in [0.5, 0.6) is 0 Å². The first-order chi connectivity index (χ1) is 56.8. The van der Waals surface area contributed by atoms with Crippen molar-refractivity contribution in [2.75, 3.05) is 202 Å². The second-order valence-corrected chi connectivity index (χ2v) is 30.8. The molecule has 28 nitrogen and oxygen atoms in total. The number of nitrogens with two attached hydrogens (primary N) is 1. The maximum atomic E-state index is 12.7. The van der Waals surface area contributed by atoms with Crippen molar-refractivity contribution in [3.8, 4) is 11.3 Å². The van der Waals surface area contributed by atoms with Gasteiger partial charge in [-0.15, -0.1) is 0 Å². The molecule has 5 aromatic carbocycles. The molecule has 638 valence electrons. The molecule has 3 heterocycles. The molecule has 0 atom stereocenters. The summed E-state index contributed by atoms with van der Waals surface area (Å²) in [5.41, 5.74) is 26.8. The number of nitrogens with zero attached hydrogens (tertiary/aromatic N) is 6. The van der Waals surface area contributed by atoms with Gasteiger partial charge in [0.05, 0.1) is 180 Å². The lowest BCUT2D eigenvalue weighted by Crippen LogP contribution is -2.37. The summed E-state index contributed by atoms with van der Waals surface area (Å²) in [4.78, 5) is 42.8. The van der Waals surface area contributed by atoms with Crippen LogP contribution in [0.15, 0.2) is 149 Å². The second-order valence-electron chi connectivity index (χ2n) is 29.3. The Morgan fingerprint density at radius 3 is 1.58 bits per heavy atom. The molecule has 6 N–H and O–H groups in total. The number of anilines is 2. The van der Waals surface area contributed by atoms with Gasteiger partial charge in [-0.3, -0.25) is 18.9 Å². The van der Waals surface area contributed by atoms with E-state index in [9.17, 15) is 32.9 Å². The number of aromatic nitrogens is 1. The number of hydrogen-bond acceptors (Lipinski definition) is 20. The number of allylic oxidation sites excluding steroid dienone is 6. The van der Waals surface area contributed by atoms with Gasteiger partial charge in [0.25, 0.3) is 10.1 Å². The minimum Gasteiger partial charge on any atom is -0.399 e. The number of carbonyl (C=O) groups is 3. The van der Waals surface area contributed by atoms with E-state index >= 15 is 0 Å². The molecule has 6 aromatic rings. The zero-order valence-corrected chi connectivity index (χ0v) is 70.2. The fraction of sp³-hybridized carbons (Fsp3) is 0.534. The van der Waals surface area contributed by atoms with Crippen LogP contribution in [-0.4, -0.2) is 232 Å². The van der Waals surface area contributed by atoms with Gasteiger partial charge < -0.3 is 83.4 Å². The van der Waals surface area contributed by atoms with Crippen LogP contribution in [0.2, 0.25) is 0 Å². The van der Waals surface area contributed by atoms with E-state index < -0.39 is 15.5 Å². The molecule has 117 heavy (non-hydrogen) atoms. The average Bonchev–Trinajstić information content (AvgIpc) is 1.68. The molecule has 0 fully saturated rings. The number of benzene rings is 5. The lowest BCUT2D eigenvalue weighted by atomic mass is 9.81. The lowest BCUT2D eigenvalue weighted by Gasteiger charge is -2.27. The Bertz CT molecular complexity index is 4380. The molecule has 0 saturated carbocycles. The van der Waals surface area contributed by atoms with Crippen LogP contribution in [0.4, 0.5) is 22.7 Å². The number of amides is 3. The van der Waals surface area contributed by atoms with E-state index in [1.807, 2.05) is 66.7 Å². The number of azide groups is 1. The predicted octanol–water partition coefficient (Wildman–Crippen LogP) is 12.0. The SMILES string of the molecule is CC[N+]1=C(/C=C/C=C/C=C2\N(CCCCCC(=O)NCCNC(=O)CCOCCOCCOCCOCCOCCOCCOCCOCCOCCOCCOCCOCCNC(=O)CCCCC[n+]3c(-c4ccccc4)c4cc(N)ccc4c4ccc(N=[N+]=[N-])cc43)c3ccc(S(=O)(=O)O)cc3C2(C)C)C(C)(C)c2cc(C)ccc21. The zero-order chi connectivity index (χ0) is 83.4. The highest BCUT2D eigenvalue weighted by Crippen LogP contribution is 2.49. The Hall–Kier alpha value is -8.59. The Labute approximate surface area is 690 Å². The third-order valence-electron chi connectivity index (χ3n) is 20.1. The Morgan fingerprint density at radius 2 is 1.04 bits per heavy atom. The van der Waals surface area contributed by atoms with Crippen LogP contribution in [0, 0.1) is 6.92 Å². The second kappa shape index (κ2) is 51.7. The van der Waals surface area contributed by atoms with Gasteiger partial charge in [0, 0.05) is 120 Å². The largest absolute Gasteiger partial charge is 0.399 e. The highest BCUT2D eigenvalue weighted by atomic mass is 32.2. The van der Waals surface area contributed by atoms with Crippen molar-refractivity contribution in [2.45, 2.75) is 122 Å². The summed E-state index contributed by atoms with van der Waals surface area (Å²) in [5, 5.41) is 15.7. The number of nitrogen functional groups attached to an aromatic ring is 1. The van der Waals surface area contributed by atoms with Crippen molar-refractivity contribution >= 4 is 78.0 Å². The molecular weight excluding hydrogens is 1520 g/mol. The normalized spacial score (nSPS) is 14.0. The van der Waals surface area contributed by atoms with Crippen LogP contribution in [0.1, 0.15) is 109 Å². The maximum Gasteiger partial charge on any atom is 0.294 e. The average molecular weight is 1640 g/mol. The minimum atomic E-state index is -4.41. The first kappa shape index (κ1) is 93.9. The summed E-state index contributed by atoms with van der Waals surface area (Å²) < 4.78 is 106. The third kappa shape index (κ3) is 31.3. The van der Waals surface area contributed by atoms with E-state index in [2.05, 4.69) is 130 Å². The molecule has 0 unspecified atom stereocenters. The first-order valence-electron chi connectivity index (χ1n) is 41.1. The summed E-state index contributed by atoms with van der Waals surface area (Å²) in [5.74, 6) is -0.267. The summed E-state index contributed by atoms with van der Waals surface area (Å²) in [6.07, 6.45) is 16.0. The van der Waals surface area contributed by atoms with Crippen LogP contribution in [0.3, 0.4) is 0 Å². The number of pyridine rings is 1. The summed E-state index contributed by atoms with van der Waals surface area (Å²) >= 11 is 0. The van der Waals surface area contributed by atoms with Gasteiger partial charge in [0.2, 0.25) is 34.6 Å². The molecule has 29 heteroatoms. The van der Waals surface area contributed by atoms with Gasteiger partial charge in [0.1, 0.15) is 13.1 Å². The fourth-order valence-electron chi connectivity index (χ4n) is 14.1. The molecule has 0 saturated heterocycles. The van der Waals surface area contributed by atoms with Gasteiger partial charge in [-0.25, -0.2) is 0 Å². The van der Waals surface area contributed by atoms with Gasteiger partial charge in [-0.2, -0.15) is 17.6 Å². The third-order valence-corrected chi connectivity index (χ3v) is 20.9. The molecule has 0 radical (unpaired) electrons. The van der Waals surface area contributed by atoms with Crippen molar-refractivity contribution in [2.24, 2.45) is 5.11 Å². The quantitative estimate of drug-likeness (QED) is 0.00272. The predicted molar refractivity (Wildman–Crippen MR) is 453 cm³/mol. The van der Waals surface area contributed by atoms with Crippen molar-refractivity contribution in [1.82, 2.24) is 16.0 Å². The highest BCUT2D eigenvalue weighted by molar-refractivity contribution is 7.85. The molecule has 3 amide bonds. The summed E-state index contributed by atoms with van der Waals surface area (Å²) in [6.45, 7) is 26.3. The minimum absolute atomic E-state index is 0.00904. The number of nitrogens with one attached hydrogen (secondary N) is 3. The van der Waals surface area contributed by atoms with Crippen LogP contribution in [-0.2, 0) is 98.7 Å². The Morgan fingerprint density at radius 1 is 0.530 bits per heavy atom. The van der Waals surface area contributed by atoms with E-state index in [1.54, 1.807) is 12.1 Å². The van der Waals surface area contributed by atoms with Crippen molar-refractivity contribution in [1.29, 1.82) is 0 Å². The topological polar surface area (TPSA) is 337 Å². The van der Waals surface area contributed by atoms with Gasteiger partial charge in [-0.1, -0.05) is 85.6 Å². The standard InChI is InChI=1S/C88H122N10O18S/c1-7-96-78-32-26-68(2)64-76(78)87(3,4)81(96)22-14-9-15-23-82-88(5,6)77-67-72(117(102,103)104)29-33-79(77)97(82)38-18-10-16-24-83(99)91-35-36-92-85(101)34-40-105-42-44-107-46-48-109-50-52-111-54-56-113-58-60-115-62-63-116-61-59-114-57-55-112-53-51-110-49-47-108-45-43-106-41-37-93-84(100)25-17-11-19-39-98-80-66-71(94-95-90)28-31-74(80)73-30-27-70(89)65-75(73)86(98)69-20-12-8-13-21-69/h8-9,12-15,20-23,26-33,64-67H,7,10-11,16-19,24-25,34-63,89H2,1-6H3,(H2-2,91,92,93,99,100,101,102,103,104)/p+2. The molecule has 8 rings (SSSR count). The van der Waals surface area contributed by atoms with Crippen LogP contribution < -0.4 is 31.2 Å². The number of fused-ring (bicyclic) bond motifs is 5. The number of aryl methyl sites for hydroxylation is 2. The van der Waals surface area contributed by atoms with Crippen molar-refractivity contribution in [3.05, 3.63) is 166 Å². The zero-order valence-electron chi connectivity index (χ0n) is 69.3. The first-order valence-corrected chi connectivity index (χ1v) is 42.5. The summed E-state index contributed by atoms with van der Waals surface area (Å²) in [7, 11) is -4.41. The van der Waals surface area contributed by atoms with Gasteiger partial charge in [-0.05, 0) is 125 Å². The van der Waals surface area contributed by atoms with Crippen molar-refractivity contribution in [3.63, 3.8) is 0 Å². The van der Waals surface area contributed by atoms with E-state index in [4.69, 9.17) is 62.6 Å². The van der Waals surface area contributed by atoms with Gasteiger partial charge >= 0.3 is 0 Å². The molecule has 2 aliphatic rings. The van der Waals surface area contributed by atoms with Gasteiger partial charge in [0.15, 0.2) is 5.71 Å². The fourth-order valence-corrected chi connectivity index (χ4v) is 14.6. The molecule has 0 bridgehead atoms. The Balaban J connectivity index is 0.511.